The van der Waals surface area contributed by atoms with Crippen LogP contribution < -0.4 is 5.32 Å². The third-order valence-corrected chi connectivity index (χ3v) is 2.26. The number of alkyl halides is 2. The molecule has 0 spiro atoms. The number of halogens is 2. The summed E-state index contributed by atoms with van der Waals surface area (Å²) in [5.41, 5.74) is 0. The molecule has 0 aliphatic heterocycles. The van der Waals surface area contributed by atoms with Crippen LogP contribution in [0.3, 0.4) is 0 Å². The van der Waals surface area contributed by atoms with E-state index in [1.54, 1.807) is 0 Å². The largest absolute Gasteiger partial charge is 0.480 e. The van der Waals surface area contributed by atoms with Crippen LogP contribution in [0.5, 0.6) is 0 Å². The van der Waals surface area contributed by atoms with Crippen molar-refractivity contribution in [3.05, 3.63) is 0 Å². The molecular weight excluding hydrogens is 216 g/mol. The normalized spacial score (nSPS) is 12.6. The fourth-order valence-electron chi connectivity index (χ4n) is 0.695. The van der Waals surface area contributed by atoms with Gasteiger partial charge in [0.15, 0.2) is 0 Å². The van der Waals surface area contributed by atoms with Gasteiger partial charge >= 0.3 is 5.97 Å². The molecule has 0 aromatic carbocycles. The molecule has 0 saturated carbocycles. The molecule has 0 heterocycles. The predicted octanol–water partition coefficient (Wildman–Crippen LogP) is 0.574. The molecule has 0 aliphatic rings. The van der Waals surface area contributed by atoms with E-state index in [2.05, 4.69) is 5.32 Å². The van der Waals surface area contributed by atoms with E-state index >= 15 is 0 Å². The Labute approximate surface area is 84.1 Å². The minimum atomic E-state index is -2.47. The first-order chi connectivity index (χ1) is 6.43. The van der Waals surface area contributed by atoms with Gasteiger partial charge in [-0.2, -0.15) is 11.8 Å². The lowest BCUT2D eigenvalue weighted by atomic mass is 10.3. The zero-order valence-corrected chi connectivity index (χ0v) is 8.31. The number of aliphatic carboxylic acids is 1. The van der Waals surface area contributed by atoms with Gasteiger partial charge in [-0.25, -0.2) is 13.6 Å². The quantitative estimate of drug-likeness (QED) is 0.696. The number of carbonyl (C=O) groups excluding carboxylic acids is 1. The van der Waals surface area contributed by atoms with Crippen molar-refractivity contribution in [2.45, 2.75) is 19.4 Å². The lowest BCUT2D eigenvalue weighted by Gasteiger charge is -2.12. The summed E-state index contributed by atoms with van der Waals surface area (Å²) in [7, 11) is 0. The highest BCUT2D eigenvalue weighted by Crippen LogP contribution is 2.08. The highest BCUT2D eigenvalue weighted by Gasteiger charge is 2.18. The monoisotopic (exact) mass is 227 g/mol. The Morgan fingerprint density at radius 3 is 2.36 bits per heavy atom. The number of nitrogens with one attached hydrogen (secondary N) is 1. The molecular formula is C7H11F2NO3S. The van der Waals surface area contributed by atoms with Crippen molar-refractivity contribution in [2.24, 2.45) is 0 Å². The van der Waals surface area contributed by atoms with E-state index in [-0.39, 0.29) is 5.75 Å². The molecule has 0 aliphatic carbocycles. The van der Waals surface area contributed by atoms with Gasteiger partial charge in [-0.1, -0.05) is 0 Å². The summed E-state index contributed by atoms with van der Waals surface area (Å²) in [5, 5.41) is 10.7. The molecule has 4 nitrogen and oxygen atoms in total. The molecule has 0 fully saturated rings. The number of amides is 1. The van der Waals surface area contributed by atoms with Crippen LogP contribution in [0.15, 0.2) is 0 Å². The van der Waals surface area contributed by atoms with E-state index in [0.29, 0.717) is 0 Å². The topological polar surface area (TPSA) is 66.4 Å². The number of rotatable bonds is 6. The number of hydrogen-bond acceptors (Lipinski definition) is 3. The Morgan fingerprint density at radius 1 is 1.43 bits per heavy atom. The van der Waals surface area contributed by atoms with E-state index in [1.165, 1.54) is 6.92 Å². The van der Waals surface area contributed by atoms with E-state index in [9.17, 15) is 18.4 Å². The van der Waals surface area contributed by atoms with Gasteiger partial charge in [-0.15, -0.1) is 0 Å². The second kappa shape index (κ2) is 6.58. The second-order valence-electron chi connectivity index (χ2n) is 2.52. The van der Waals surface area contributed by atoms with Gasteiger partial charge in [-0.05, 0) is 0 Å². The molecule has 0 saturated heterocycles. The summed E-state index contributed by atoms with van der Waals surface area (Å²) >= 11 is 0.794. The average Bonchev–Trinajstić information content (AvgIpc) is 2.00. The van der Waals surface area contributed by atoms with Gasteiger partial charge < -0.3 is 10.4 Å². The van der Waals surface area contributed by atoms with E-state index in [1.807, 2.05) is 0 Å². The number of carboxylic acid groups (broad SMARTS) is 1. The molecule has 0 bridgehead atoms. The minimum Gasteiger partial charge on any atom is -0.480 e. The molecule has 0 rings (SSSR count). The van der Waals surface area contributed by atoms with Crippen LogP contribution in [-0.2, 0) is 9.59 Å². The smallest absolute Gasteiger partial charge is 0.327 e. The van der Waals surface area contributed by atoms with Crippen LogP contribution in [0.4, 0.5) is 8.78 Å². The Balaban J connectivity index is 3.86. The number of carbonyl (C=O) groups is 2. The fourth-order valence-corrected chi connectivity index (χ4v) is 1.47. The summed E-state index contributed by atoms with van der Waals surface area (Å²) in [4.78, 5) is 21.0. The molecule has 2 N–H and O–H groups in total. The lowest BCUT2D eigenvalue weighted by molar-refractivity contribution is -0.140. The molecule has 1 atom stereocenters. The van der Waals surface area contributed by atoms with Gasteiger partial charge in [0.1, 0.15) is 6.04 Å². The minimum absolute atomic E-state index is 0.0563. The van der Waals surface area contributed by atoms with Crippen molar-refractivity contribution >= 4 is 23.6 Å². The summed E-state index contributed by atoms with van der Waals surface area (Å²) in [6, 6.07) is -1.10. The van der Waals surface area contributed by atoms with Crippen molar-refractivity contribution in [1.29, 1.82) is 0 Å². The maximum Gasteiger partial charge on any atom is 0.327 e. The Bertz CT molecular complexity index is 213. The highest BCUT2D eigenvalue weighted by atomic mass is 32.2. The van der Waals surface area contributed by atoms with Crippen LogP contribution in [-0.4, -0.2) is 41.0 Å². The predicted molar refractivity (Wildman–Crippen MR) is 48.6 cm³/mol. The summed E-state index contributed by atoms with van der Waals surface area (Å²) in [6.45, 7) is 1.17. The van der Waals surface area contributed by atoms with Crippen molar-refractivity contribution in [2.75, 3.05) is 11.5 Å². The maximum atomic E-state index is 11.7. The SMILES string of the molecule is CC(=O)NC(CSCC(F)F)C(=O)O. The van der Waals surface area contributed by atoms with Crippen molar-refractivity contribution < 1.29 is 23.5 Å². The Hall–Kier alpha value is -0.850. The summed E-state index contributed by atoms with van der Waals surface area (Å²) in [5.74, 6) is -2.19. The van der Waals surface area contributed by atoms with Crippen LogP contribution >= 0.6 is 11.8 Å². The first-order valence-electron chi connectivity index (χ1n) is 3.79. The van der Waals surface area contributed by atoms with Gasteiger partial charge in [0.25, 0.3) is 0 Å². The summed E-state index contributed by atoms with van der Waals surface area (Å²) < 4.78 is 23.4. The Kier molecular flexibility index (Phi) is 6.18. The third-order valence-electron chi connectivity index (χ3n) is 1.20. The van der Waals surface area contributed by atoms with Crippen molar-refractivity contribution in [3.63, 3.8) is 0 Å². The number of hydrogen-bond donors (Lipinski definition) is 2. The van der Waals surface area contributed by atoms with Crippen molar-refractivity contribution in [1.82, 2.24) is 5.32 Å². The summed E-state index contributed by atoms with van der Waals surface area (Å²) in [6.07, 6.45) is -2.47. The van der Waals surface area contributed by atoms with Gasteiger partial charge in [0, 0.05) is 12.7 Å². The zero-order chi connectivity index (χ0) is 11.1. The zero-order valence-electron chi connectivity index (χ0n) is 7.50. The molecule has 14 heavy (non-hydrogen) atoms. The lowest BCUT2D eigenvalue weighted by Crippen LogP contribution is -2.41. The van der Waals surface area contributed by atoms with Gasteiger partial charge in [0.2, 0.25) is 12.3 Å². The molecule has 0 radical (unpaired) electrons. The third kappa shape index (κ3) is 6.64. The van der Waals surface area contributed by atoms with E-state index in [4.69, 9.17) is 5.11 Å². The molecule has 0 aromatic heterocycles. The molecule has 1 unspecified atom stereocenters. The van der Waals surface area contributed by atoms with Crippen LogP contribution in [0.1, 0.15) is 6.92 Å². The first kappa shape index (κ1) is 13.2. The van der Waals surface area contributed by atoms with Crippen LogP contribution in [0, 0.1) is 0 Å². The molecule has 1 amide bonds. The average molecular weight is 227 g/mol. The second-order valence-corrected chi connectivity index (χ2v) is 3.59. The van der Waals surface area contributed by atoms with Crippen LogP contribution in [0.2, 0.25) is 0 Å². The van der Waals surface area contributed by atoms with Crippen molar-refractivity contribution in [3.8, 4) is 0 Å². The Morgan fingerprint density at radius 2 is 2.00 bits per heavy atom. The van der Waals surface area contributed by atoms with Crippen LogP contribution in [0.25, 0.3) is 0 Å². The van der Waals surface area contributed by atoms with Gasteiger partial charge in [-0.3, -0.25) is 4.79 Å². The van der Waals surface area contributed by atoms with E-state index in [0.717, 1.165) is 11.8 Å². The number of carboxylic acids is 1. The molecule has 82 valence electrons. The number of thioether (sulfide) groups is 1. The molecule has 0 aromatic rings. The van der Waals surface area contributed by atoms with E-state index < -0.39 is 30.1 Å². The highest BCUT2D eigenvalue weighted by molar-refractivity contribution is 7.99. The first-order valence-corrected chi connectivity index (χ1v) is 4.94. The van der Waals surface area contributed by atoms with Gasteiger partial charge in [0.05, 0.1) is 5.75 Å². The maximum absolute atomic E-state index is 11.7. The fraction of sp³-hybridized carbons (Fsp3) is 0.714. The molecule has 7 heteroatoms. The standard InChI is InChI=1S/C7H11F2NO3S/c1-4(11)10-5(7(12)13)2-14-3-6(8)9/h5-6H,2-3H2,1H3,(H,10,11)(H,12,13).